The summed E-state index contributed by atoms with van der Waals surface area (Å²) in [6.45, 7) is 8.61. The van der Waals surface area contributed by atoms with Gasteiger partial charge in [-0.1, -0.05) is 0 Å². The second kappa shape index (κ2) is 42.8. The van der Waals surface area contributed by atoms with Crippen LogP contribution in [0, 0.1) is 0 Å². The largest absolute Gasteiger partial charge is 0.493 e. The zero-order valence-electron chi connectivity index (χ0n) is 70.0. The van der Waals surface area contributed by atoms with Gasteiger partial charge in [-0.2, -0.15) is 15.0 Å². The Morgan fingerprint density at radius 3 is 1.15 bits per heavy atom. The Hall–Kier alpha value is -10.7. The molecule has 662 valence electrons. The number of primary amides is 2. The monoisotopic (exact) mass is 1820 g/mol. The zero-order valence-corrected chi connectivity index (χ0v) is 74.7. The summed E-state index contributed by atoms with van der Waals surface area (Å²) >= 11 is 23.0. The summed E-state index contributed by atoms with van der Waals surface area (Å²) in [5.74, 6) is 8.59. The maximum absolute atomic E-state index is 12.2. The van der Waals surface area contributed by atoms with E-state index >= 15 is 0 Å². The molecule has 14 heterocycles. The summed E-state index contributed by atoms with van der Waals surface area (Å²) in [7, 11) is 14.2. The number of anilines is 7. The third kappa shape index (κ3) is 22.5. The Morgan fingerprint density at radius 2 is 0.823 bits per heavy atom. The molecule has 0 unspecified atom stereocenters. The van der Waals surface area contributed by atoms with Gasteiger partial charge in [-0.15, -0.1) is 45.6 Å². The average molecular weight is 1820 g/mol. The number of piperidine rings is 3. The molecule has 124 heavy (non-hydrogen) atoms. The van der Waals surface area contributed by atoms with Gasteiger partial charge in [0.2, 0.25) is 45.6 Å². The molecule has 2 amide bonds. The number of aliphatic hydroxyl groups excluding tert-OH is 3. The molecule has 0 saturated carbocycles. The van der Waals surface area contributed by atoms with E-state index in [0.717, 1.165) is 174 Å². The number of alkyl halides is 1. The van der Waals surface area contributed by atoms with Crippen molar-refractivity contribution in [2.45, 2.75) is 114 Å². The SMILES string of the molecule is COc1cc(-n2cnc(Nc3nc(Cl)nc4sc(CCl)cc34)c2)cc(OC)c1OC.COc1cc(-n2cnc(Nc3nc(Cl)nc4sc(CN5CCC(O)CC5)cc34)c2)cc(OC)c1OC.COc1cc(-n2cnc(Nc3nc(N4CCC[C@H]4C(N)=O)nc4sc(CN5CCC(O)CC5)cc34)c2)cc(OC)c1OC.NC(=O)[C@@H]1CCCN1.OC1CCNCC1. The summed E-state index contributed by atoms with van der Waals surface area (Å²) in [6, 6.07) is 16.7. The van der Waals surface area contributed by atoms with Gasteiger partial charge in [0.15, 0.2) is 34.5 Å². The topological polar surface area (TPSA) is 431 Å². The minimum Gasteiger partial charge on any atom is -0.493 e. The second-order valence-electron chi connectivity index (χ2n) is 29.3. The Bertz CT molecular complexity index is 5540. The molecule has 0 radical (unpaired) electrons. The van der Waals surface area contributed by atoms with Crippen LogP contribution in [0.15, 0.2) is 92.2 Å². The van der Waals surface area contributed by atoms with Crippen molar-refractivity contribution in [3.63, 3.8) is 0 Å². The third-order valence-corrected chi connectivity index (χ3v) is 25.0. The van der Waals surface area contributed by atoms with Gasteiger partial charge in [0.05, 0.1) is 146 Å². The van der Waals surface area contributed by atoms with Gasteiger partial charge in [-0.05, 0) is 125 Å². The van der Waals surface area contributed by atoms with E-state index in [4.69, 9.17) is 104 Å². The van der Waals surface area contributed by atoms with Gasteiger partial charge < -0.3 is 115 Å². The van der Waals surface area contributed by atoms with E-state index in [9.17, 15) is 19.8 Å². The molecule has 2 atom stereocenters. The van der Waals surface area contributed by atoms with Crippen molar-refractivity contribution in [2.24, 2.45) is 11.5 Å². The molecule has 5 aliphatic heterocycles. The number of thiophene rings is 3. The summed E-state index contributed by atoms with van der Waals surface area (Å²) in [4.78, 5) is 75.5. The van der Waals surface area contributed by atoms with Crippen molar-refractivity contribution in [3.05, 3.63) is 117 Å². The van der Waals surface area contributed by atoms with Crippen LogP contribution in [0.3, 0.4) is 0 Å². The molecule has 12 aromatic rings. The number of hydrogen-bond donors (Lipinski definition) is 10. The van der Waals surface area contributed by atoms with E-state index in [1.807, 2.05) is 79.7 Å². The lowest BCUT2D eigenvalue weighted by Crippen LogP contribution is -2.41. The van der Waals surface area contributed by atoms with Crippen molar-refractivity contribution in [1.82, 2.24) is 79.0 Å². The lowest BCUT2D eigenvalue weighted by atomic mass is 10.1. The summed E-state index contributed by atoms with van der Waals surface area (Å²) in [6.07, 6.45) is 18.6. The van der Waals surface area contributed by atoms with Crippen LogP contribution in [-0.2, 0) is 28.6 Å². The number of benzene rings is 3. The fourth-order valence-corrected chi connectivity index (χ4v) is 18.4. The standard InChI is InChI=1S/C29H36N8O5S.C24H27ClN6O4S.C19H17Cl2N5O3S.C5H10N2O.C5H11NO/c1-40-22-11-17(12-23(41-2)25(22)42-3)36-15-24(31-16-36)32-27-20-13-19(14-35-9-6-18(38)7-10-35)43-28(20)34-29(33-27)37-8-4-5-21(37)26(30)39;1-33-18-8-14(9-19(34-2)21(18)35-3)31-12-20(26-13-31)27-22-17-10-16(36-23(17)29-24(25)28-22)11-30-6-4-15(32)5-7-30;1-27-13-4-10(5-14(28-2)16(13)29-3)26-8-15(22-9-26)23-17-12-6-11(7-20)30-18(12)25-19(21)24-17;6-5(8)4-2-1-3-7-4;7-5-1-3-6-4-2-5/h11-13,15-16,18,21,38H,4-10,14H2,1-3H3,(H2,30,39)(H,32,33,34);8-10,12-13,15,32H,4-7,11H2,1-3H3,(H,27,28,29);4-6,8-9H,7H2,1-3H3,(H,23,24,25);4,7H,1-3H2,(H2,6,8);5-7H,1-4H2/t21-;;;4-;/m0..0./s1. The number of nitrogens with two attached hydrogens (primary N) is 2. The van der Waals surface area contributed by atoms with Gasteiger partial charge in [0, 0.05) is 96.8 Å². The van der Waals surface area contributed by atoms with Gasteiger partial charge in [0.1, 0.15) is 74.4 Å². The van der Waals surface area contributed by atoms with Crippen LogP contribution in [0.25, 0.3) is 47.7 Å². The Morgan fingerprint density at radius 1 is 0.452 bits per heavy atom. The van der Waals surface area contributed by atoms with Crippen molar-refractivity contribution in [3.8, 4) is 68.8 Å². The summed E-state index contributed by atoms with van der Waals surface area (Å²) in [5, 5.41) is 47.5. The molecule has 3 aromatic carbocycles. The number of carbonyl (C=O) groups is 2. The number of ether oxygens (including phenoxy) is 9. The van der Waals surface area contributed by atoms with E-state index in [0.29, 0.717) is 111 Å². The molecule has 36 nitrogen and oxygen atoms in total. The van der Waals surface area contributed by atoms with Crippen LogP contribution in [-0.4, -0.2) is 242 Å². The van der Waals surface area contributed by atoms with E-state index in [1.165, 1.54) is 16.2 Å². The maximum atomic E-state index is 12.2. The fraction of sp³-hybridized carbons (Fsp3) is 0.427. The minimum absolute atomic E-state index is 0.0266. The Kier molecular flexibility index (Phi) is 31.4. The highest BCUT2D eigenvalue weighted by Crippen LogP contribution is 2.44. The van der Waals surface area contributed by atoms with Crippen LogP contribution < -0.4 is 85.6 Å². The number of carbonyl (C=O) groups excluding carboxylic acids is 2. The highest BCUT2D eigenvalue weighted by atomic mass is 35.5. The molecule has 42 heteroatoms. The number of amides is 2. The Balaban J connectivity index is 0.000000148. The lowest BCUT2D eigenvalue weighted by Gasteiger charge is -2.28. The number of hydrogen-bond acceptors (Lipinski definition) is 34. The second-order valence-corrected chi connectivity index (χ2v) is 33.6. The number of aromatic nitrogens is 12. The first kappa shape index (κ1) is 91.0. The highest BCUT2D eigenvalue weighted by molar-refractivity contribution is 7.19. The number of rotatable bonds is 26. The number of nitrogens with zero attached hydrogens (tertiary/aromatic N) is 15. The zero-order chi connectivity index (χ0) is 87.7. The van der Waals surface area contributed by atoms with Crippen molar-refractivity contribution in [1.29, 1.82) is 0 Å². The van der Waals surface area contributed by atoms with Crippen molar-refractivity contribution >= 4 is 152 Å². The Labute approximate surface area is 742 Å². The molecule has 17 rings (SSSR count). The molecular weight excluding hydrogens is 1720 g/mol. The number of methoxy groups -OCH3 is 9. The predicted molar refractivity (Wildman–Crippen MR) is 480 cm³/mol. The average Bonchev–Trinajstić information content (AvgIpc) is 1.62. The smallest absolute Gasteiger partial charge is 0.240 e. The number of nitrogens with one attached hydrogen (secondary N) is 5. The molecule has 0 spiro atoms. The predicted octanol–water partition coefficient (Wildman–Crippen LogP) is 11.3. The summed E-state index contributed by atoms with van der Waals surface area (Å²) in [5.41, 5.74) is 13.1. The first-order valence-electron chi connectivity index (χ1n) is 40.0. The lowest BCUT2D eigenvalue weighted by molar-refractivity contribution is -0.120. The normalized spacial score (nSPS) is 16.4. The van der Waals surface area contributed by atoms with Gasteiger partial charge in [-0.3, -0.25) is 19.4 Å². The quantitative estimate of drug-likeness (QED) is 0.0178. The van der Waals surface area contributed by atoms with Gasteiger partial charge >= 0.3 is 0 Å². The highest BCUT2D eigenvalue weighted by Gasteiger charge is 2.33. The molecule has 0 bridgehead atoms. The van der Waals surface area contributed by atoms with E-state index in [1.54, 1.807) is 106 Å². The van der Waals surface area contributed by atoms with E-state index < -0.39 is 6.04 Å². The van der Waals surface area contributed by atoms with Crippen LogP contribution in [0.2, 0.25) is 10.6 Å². The summed E-state index contributed by atoms with van der Waals surface area (Å²) < 4.78 is 54.6. The number of aliphatic hydroxyl groups is 3. The number of fused-ring (bicyclic) bond motifs is 3. The number of imidazole rings is 3. The molecule has 5 fully saturated rings. The van der Waals surface area contributed by atoms with E-state index in [-0.39, 0.29) is 46.7 Å². The fourth-order valence-electron chi connectivity index (χ4n) is 14.7. The van der Waals surface area contributed by atoms with Gasteiger partial charge in [0.25, 0.3) is 0 Å². The maximum Gasteiger partial charge on any atom is 0.240 e. The van der Waals surface area contributed by atoms with Crippen LogP contribution in [0.1, 0.15) is 78.8 Å². The molecular formula is C82H101Cl3N22O14S3. The molecule has 12 N–H and O–H groups in total. The first-order chi connectivity index (χ1) is 60.1. The number of likely N-dealkylation sites (tertiary alicyclic amines) is 2. The minimum atomic E-state index is -0.441. The number of halogens is 3. The van der Waals surface area contributed by atoms with Gasteiger partial charge in [-0.25, -0.2) is 29.9 Å². The molecule has 5 aliphatic rings. The van der Waals surface area contributed by atoms with Crippen molar-refractivity contribution < 1.29 is 67.5 Å². The van der Waals surface area contributed by atoms with Crippen molar-refractivity contribution in [2.75, 3.05) is 137 Å². The van der Waals surface area contributed by atoms with E-state index in [2.05, 4.69) is 83.4 Å². The first-order valence-corrected chi connectivity index (χ1v) is 43.7. The third-order valence-electron chi connectivity index (χ3n) is 21.2. The molecule has 0 aliphatic carbocycles. The van der Waals surface area contributed by atoms with Crippen LogP contribution >= 0.6 is 68.8 Å². The molecule has 9 aromatic heterocycles. The molecule has 5 saturated heterocycles. The van der Waals surface area contributed by atoms with Crippen LogP contribution in [0.4, 0.5) is 40.9 Å². The van der Waals surface area contributed by atoms with Crippen LogP contribution in [0.5, 0.6) is 51.7 Å².